The van der Waals surface area contributed by atoms with E-state index in [0.717, 1.165) is 31.7 Å². The lowest BCUT2D eigenvalue weighted by Crippen LogP contribution is -2.23. The highest BCUT2D eigenvalue weighted by Crippen LogP contribution is 2.45. The van der Waals surface area contributed by atoms with Crippen LogP contribution in [0.25, 0.3) is 0 Å². The van der Waals surface area contributed by atoms with E-state index >= 15 is 0 Å². The number of hydrogen-bond donors (Lipinski definition) is 2. The molecule has 114 valence electrons. The molecule has 2 nitrogen and oxygen atoms in total. The van der Waals surface area contributed by atoms with E-state index in [1.54, 1.807) is 0 Å². The van der Waals surface area contributed by atoms with E-state index in [0.29, 0.717) is 0 Å². The van der Waals surface area contributed by atoms with Crippen LogP contribution in [0.4, 0.5) is 13.2 Å². The second-order valence-electron chi connectivity index (χ2n) is 4.93. The van der Waals surface area contributed by atoms with Crippen molar-refractivity contribution < 1.29 is 18.3 Å². The van der Waals surface area contributed by atoms with E-state index in [1.807, 2.05) is 0 Å². The van der Waals surface area contributed by atoms with Gasteiger partial charge in [-0.1, -0.05) is 12.8 Å². The molecule has 0 aromatic heterocycles. The van der Waals surface area contributed by atoms with Crippen LogP contribution < -0.4 is 5.73 Å². The Morgan fingerprint density at radius 1 is 1.25 bits per heavy atom. The Bertz CT molecular complexity index is 475. The minimum Gasteiger partial charge on any atom is -0.506 e. The first-order valence-electron chi connectivity index (χ1n) is 6.16. The average molecular weight is 375 g/mol. The van der Waals surface area contributed by atoms with Crippen LogP contribution in [0.3, 0.4) is 0 Å². The Morgan fingerprint density at radius 3 is 2.30 bits per heavy atom. The average Bonchev–Trinajstić information content (AvgIpc) is 2.83. The van der Waals surface area contributed by atoms with Crippen molar-refractivity contribution in [2.24, 2.45) is 11.7 Å². The van der Waals surface area contributed by atoms with Crippen LogP contribution >= 0.6 is 28.3 Å². The number of alkyl halides is 3. The maximum atomic E-state index is 13.0. The molecule has 1 atom stereocenters. The summed E-state index contributed by atoms with van der Waals surface area (Å²) in [6.45, 7) is 0. The van der Waals surface area contributed by atoms with Crippen LogP contribution in [-0.4, -0.2) is 5.11 Å². The molecule has 7 heteroatoms. The molecule has 20 heavy (non-hydrogen) atoms. The molecule has 0 spiro atoms. The fraction of sp³-hybridized carbons (Fsp3) is 0.538. The summed E-state index contributed by atoms with van der Waals surface area (Å²) in [6, 6.07) is 1.38. The van der Waals surface area contributed by atoms with Crippen molar-refractivity contribution in [2.45, 2.75) is 37.9 Å². The highest BCUT2D eigenvalue weighted by molar-refractivity contribution is 9.10. The van der Waals surface area contributed by atoms with E-state index in [9.17, 15) is 18.3 Å². The molecule has 1 aromatic rings. The van der Waals surface area contributed by atoms with Gasteiger partial charge in [-0.2, -0.15) is 13.2 Å². The van der Waals surface area contributed by atoms with Gasteiger partial charge in [0.05, 0.1) is 10.0 Å². The molecule has 1 fully saturated rings. The van der Waals surface area contributed by atoms with Crippen LogP contribution in [0.1, 0.15) is 42.9 Å². The number of nitrogens with two attached hydrogens (primary N) is 1. The van der Waals surface area contributed by atoms with Gasteiger partial charge in [0.15, 0.2) is 0 Å². The fourth-order valence-electron chi connectivity index (χ4n) is 2.72. The SMILES string of the molecule is Cl.N[C@H](c1c(C(F)(F)F)ccc(Br)c1O)C1CCCC1. The third-order valence-electron chi connectivity index (χ3n) is 3.71. The lowest BCUT2D eigenvalue weighted by molar-refractivity contribution is -0.138. The molecule has 0 heterocycles. The normalized spacial score (nSPS) is 17.9. The monoisotopic (exact) mass is 373 g/mol. The van der Waals surface area contributed by atoms with Crippen molar-refractivity contribution in [1.82, 2.24) is 0 Å². The Morgan fingerprint density at radius 2 is 1.80 bits per heavy atom. The number of benzene rings is 1. The number of phenols is 1. The van der Waals surface area contributed by atoms with Gasteiger partial charge < -0.3 is 10.8 Å². The van der Waals surface area contributed by atoms with Gasteiger partial charge in [0, 0.05) is 11.6 Å². The molecule has 1 aliphatic rings. The summed E-state index contributed by atoms with van der Waals surface area (Å²) < 4.78 is 39.3. The van der Waals surface area contributed by atoms with E-state index < -0.39 is 23.5 Å². The quantitative estimate of drug-likeness (QED) is 0.782. The minimum absolute atomic E-state index is 0. The van der Waals surface area contributed by atoms with Crippen molar-refractivity contribution in [3.63, 3.8) is 0 Å². The first-order chi connectivity index (χ1) is 8.82. The van der Waals surface area contributed by atoms with Gasteiger partial charge in [-0.25, -0.2) is 0 Å². The van der Waals surface area contributed by atoms with Crippen molar-refractivity contribution in [3.8, 4) is 5.75 Å². The van der Waals surface area contributed by atoms with E-state index in [2.05, 4.69) is 15.9 Å². The second-order valence-corrected chi connectivity index (χ2v) is 5.78. The van der Waals surface area contributed by atoms with Crippen molar-refractivity contribution >= 4 is 28.3 Å². The van der Waals surface area contributed by atoms with Gasteiger partial charge >= 0.3 is 6.18 Å². The topological polar surface area (TPSA) is 46.2 Å². The molecule has 0 aliphatic heterocycles. The summed E-state index contributed by atoms with van der Waals surface area (Å²) in [5.74, 6) is -0.393. The number of phenolic OH excluding ortho intramolecular Hbond substituents is 1. The maximum absolute atomic E-state index is 13.0. The van der Waals surface area contributed by atoms with Gasteiger partial charge in [-0.15, -0.1) is 12.4 Å². The standard InChI is InChI=1S/C13H15BrF3NO.ClH/c14-9-6-5-8(13(15,16)17)10(12(9)19)11(18)7-3-1-2-4-7;/h5-7,11,19H,1-4,18H2;1H/t11-;/m0./s1. The molecule has 1 aromatic carbocycles. The number of rotatable bonds is 2. The summed E-state index contributed by atoms with van der Waals surface area (Å²) in [6.07, 6.45) is -0.929. The molecule has 0 saturated heterocycles. The van der Waals surface area contributed by atoms with Crippen LogP contribution in [0.5, 0.6) is 5.75 Å². The third-order valence-corrected chi connectivity index (χ3v) is 4.35. The van der Waals surface area contributed by atoms with Gasteiger partial charge in [-0.3, -0.25) is 0 Å². The lowest BCUT2D eigenvalue weighted by atomic mass is 9.88. The molecule has 1 aliphatic carbocycles. The summed E-state index contributed by atoms with van der Waals surface area (Å²) in [7, 11) is 0. The molecule has 0 bridgehead atoms. The molecule has 1 saturated carbocycles. The minimum atomic E-state index is -4.51. The lowest BCUT2D eigenvalue weighted by Gasteiger charge is -2.24. The summed E-state index contributed by atoms with van der Waals surface area (Å²) in [4.78, 5) is 0. The zero-order chi connectivity index (χ0) is 14.2. The highest BCUT2D eigenvalue weighted by Gasteiger charge is 2.38. The van der Waals surface area contributed by atoms with Crippen molar-refractivity contribution in [3.05, 3.63) is 27.7 Å². The predicted molar refractivity (Wildman–Crippen MR) is 76.9 cm³/mol. The maximum Gasteiger partial charge on any atom is 0.416 e. The highest BCUT2D eigenvalue weighted by atomic mass is 79.9. The van der Waals surface area contributed by atoms with E-state index in [4.69, 9.17) is 5.73 Å². The second kappa shape index (κ2) is 6.54. The molecular weight excluding hydrogens is 359 g/mol. The Hall–Kier alpha value is -0.460. The molecule has 3 N–H and O–H groups in total. The first kappa shape index (κ1) is 17.6. The zero-order valence-corrected chi connectivity index (χ0v) is 13.0. The fourth-order valence-corrected chi connectivity index (χ4v) is 3.06. The van der Waals surface area contributed by atoms with Crippen LogP contribution in [0.15, 0.2) is 16.6 Å². The number of halogens is 5. The Balaban J connectivity index is 0.00000200. The molecule has 2 rings (SSSR count). The number of hydrogen-bond acceptors (Lipinski definition) is 2. The first-order valence-corrected chi connectivity index (χ1v) is 6.96. The van der Waals surface area contributed by atoms with E-state index in [-0.39, 0.29) is 28.4 Å². The van der Waals surface area contributed by atoms with Gasteiger partial charge in [0.2, 0.25) is 0 Å². The predicted octanol–water partition coefficient (Wildman–Crippen LogP) is 4.79. The Labute approximate surface area is 130 Å². The smallest absolute Gasteiger partial charge is 0.416 e. The summed E-state index contributed by atoms with van der Waals surface area (Å²) >= 11 is 3.05. The van der Waals surface area contributed by atoms with Crippen LogP contribution in [-0.2, 0) is 6.18 Å². The van der Waals surface area contributed by atoms with Crippen molar-refractivity contribution in [1.29, 1.82) is 0 Å². The molecule has 0 unspecified atom stereocenters. The largest absolute Gasteiger partial charge is 0.506 e. The van der Waals surface area contributed by atoms with Crippen LogP contribution in [0, 0.1) is 5.92 Å². The van der Waals surface area contributed by atoms with Gasteiger partial charge in [0.25, 0.3) is 0 Å². The number of aromatic hydroxyl groups is 1. The molecule has 0 amide bonds. The molecular formula is C13H16BrClF3NO. The van der Waals surface area contributed by atoms with Gasteiger partial charge in [0.1, 0.15) is 5.75 Å². The van der Waals surface area contributed by atoms with Gasteiger partial charge in [-0.05, 0) is 46.8 Å². The zero-order valence-electron chi connectivity index (χ0n) is 10.6. The summed E-state index contributed by atoms with van der Waals surface area (Å²) in [5.41, 5.74) is 4.96. The third kappa shape index (κ3) is 3.40. The van der Waals surface area contributed by atoms with Crippen molar-refractivity contribution in [2.75, 3.05) is 0 Å². The van der Waals surface area contributed by atoms with E-state index in [1.165, 1.54) is 6.07 Å². The molecule has 0 radical (unpaired) electrons. The summed E-state index contributed by atoms with van der Waals surface area (Å²) in [5, 5.41) is 9.95. The van der Waals surface area contributed by atoms with Crippen LogP contribution in [0.2, 0.25) is 0 Å². The Kier molecular flexibility index (Phi) is 5.75.